The van der Waals surface area contributed by atoms with Gasteiger partial charge in [0.25, 0.3) is 0 Å². The first kappa shape index (κ1) is 29.8. The van der Waals surface area contributed by atoms with Gasteiger partial charge in [0.05, 0.1) is 31.1 Å². The van der Waals surface area contributed by atoms with Crippen molar-refractivity contribution in [3.8, 4) is 5.75 Å². The predicted molar refractivity (Wildman–Crippen MR) is 167 cm³/mol. The zero-order valence-electron chi connectivity index (χ0n) is 26.1. The fraction of sp³-hybridized carbons (Fsp3) is 0.515. The predicted octanol–water partition coefficient (Wildman–Crippen LogP) is 5.32. The average molecular weight is 603 g/mol. The first-order valence-electron chi connectivity index (χ1n) is 15.5. The van der Waals surface area contributed by atoms with E-state index in [-0.39, 0.29) is 36.4 Å². The van der Waals surface area contributed by atoms with E-state index in [1.807, 2.05) is 66.6 Å². The van der Waals surface area contributed by atoms with Crippen LogP contribution in [-0.4, -0.2) is 82.9 Å². The second-order valence-electron chi connectivity index (χ2n) is 13.2. The van der Waals surface area contributed by atoms with Crippen LogP contribution >= 0.6 is 0 Å². The Labute approximate surface area is 258 Å². The van der Waals surface area contributed by atoms with Crippen LogP contribution in [0.1, 0.15) is 58.4 Å². The van der Waals surface area contributed by atoms with Crippen molar-refractivity contribution in [2.75, 3.05) is 49.6 Å². The summed E-state index contributed by atoms with van der Waals surface area (Å²) >= 11 is 0. The van der Waals surface area contributed by atoms with Crippen molar-refractivity contribution < 1.29 is 23.9 Å². The van der Waals surface area contributed by atoms with Crippen LogP contribution in [0.3, 0.4) is 0 Å². The van der Waals surface area contributed by atoms with E-state index in [1.165, 1.54) is 4.90 Å². The number of rotatable bonds is 5. The number of carbonyl (C=O) groups excluding carboxylic acids is 3. The third-order valence-corrected chi connectivity index (χ3v) is 9.23. The third kappa shape index (κ3) is 5.92. The maximum absolute atomic E-state index is 13.6. The van der Waals surface area contributed by atoms with Crippen LogP contribution in [0.15, 0.2) is 48.7 Å². The number of imide groups is 1. The lowest BCUT2D eigenvalue weighted by Crippen LogP contribution is -2.52. The Kier molecular flexibility index (Phi) is 7.89. The molecule has 2 aromatic heterocycles. The second-order valence-corrected chi connectivity index (χ2v) is 13.2. The van der Waals surface area contributed by atoms with E-state index in [2.05, 4.69) is 11.0 Å². The van der Waals surface area contributed by atoms with Crippen molar-refractivity contribution in [3.05, 3.63) is 54.2 Å². The van der Waals surface area contributed by atoms with Gasteiger partial charge in [-0.25, -0.2) is 14.1 Å². The molecule has 4 amide bonds. The van der Waals surface area contributed by atoms with Gasteiger partial charge in [-0.2, -0.15) is 5.10 Å². The molecule has 5 heterocycles. The Balaban J connectivity index is 1.13. The lowest BCUT2D eigenvalue weighted by atomic mass is 9.71. The van der Waals surface area contributed by atoms with Gasteiger partial charge in [0.2, 0.25) is 5.91 Å². The van der Waals surface area contributed by atoms with E-state index in [9.17, 15) is 14.4 Å². The molecular formula is C33H42N6O5. The van der Waals surface area contributed by atoms with Gasteiger partial charge in [-0.1, -0.05) is 18.2 Å². The number of aromatic nitrogens is 2. The van der Waals surface area contributed by atoms with Gasteiger partial charge < -0.3 is 19.3 Å². The third-order valence-electron chi connectivity index (χ3n) is 9.23. The molecular weight excluding hydrogens is 560 g/mol. The molecule has 3 saturated heterocycles. The number of pyridine rings is 1. The molecule has 1 spiro atoms. The second kappa shape index (κ2) is 11.7. The topological polar surface area (TPSA) is 99.9 Å². The summed E-state index contributed by atoms with van der Waals surface area (Å²) in [6.45, 7) is 9.48. The summed E-state index contributed by atoms with van der Waals surface area (Å²) in [5.74, 6) is 1.53. The Bertz CT molecular complexity index is 1530. The monoisotopic (exact) mass is 602 g/mol. The molecule has 0 radical (unpaired) electrons. The maximum Gasteiger partial charge on any atom is 0.410 e. The molecule has 0 unspecified atom stereocenters. The molecule has 234 valence electrons. The maximum atomic E-state index is 13.6. The van der Waals surface area contributed by atoms with Crippen LogP contribution in [0.25, 0.3) is 5.52 Å². The van der Waals surface area contributed by atoms with E-state index in [0.717, 1.165) is 74.5 Å². The van der Waals surface area contributed by atoms with Crippen molar-refractivity contribution in [3.63, 3.8) is 0 Å². The molecule has 0 atom stereocenters. The van der Waals surface area contributed by atoms with Crippen molar-refractivity contribution in [1.29, 1.82) is 0 Å². The minimum absolute atomic E-state index is 0.182. The van der Waals surface area contributed by atoms with Crippen LogP contribution in [0, 0.1) is 5.41 Å². The Morgan fingerprint density at radius 3 is 2.27 bits per heavy atom. The van der Waals surface area contributed by atoms with Crippen molar-refractivity contribution in [1.82, 2.24) is 19.4 Å². The molecule has 3 aliphatic rings. The number of hydrogen-bond acceptors (Lipinski definition) is 7. The van der Waals surface area contributed by atoms with Crippen LogP contribution in [0.5, 0.6) is 5.75 Å². The highest BCUT2D eigenvalue weighted by molar-refractivity contribution is 6.07. The SMILES string of the molecule is COc1ccc(CN2C(=O)CCN(c3cnn4c(N5CCC6(CCN(C(=O)OC(C)(C)C)CC6)CC5)cccc34)C2=O)cc1. The summed E-state index contributed by atoms with van der Waals surface area (Å²) in [7, 11) is 1.60. The number of ether oxygens (including phenoxy) is 2. The van der Waals surface area contributed by atoms with Crippen LogP contribution in [0.4, 0.5) is 21.1 Å². The van der Waals surface area contributed by atoms with E-state index in [0.29, 0.717) is 12.2 Å². The highest BCUT2D eigenvalue weighted by Crippen LogP contribution is 2.42. The van der Waals surface area contributed by atoms with Crippen molar-refractivity contribution >= 4 is 35.1 Å². The summed E-state index contributed by atoms with van der Waals surface area (Å²) in [4.78, 5) is 46.2. The van der Waals surface area contributed by atoms with Crippen molar-refractivity contribution in [2.45, 2.75) is 65.0 Å². The molecule has 11 heteroatoms. The minimum atomic E-state index is -0.486. The summed E-state index contributed by atoms with van der Waals surface area (Å²) in [5.41, 5.74) is 2.14. The summed E-state index contributed by atoms with van der Waals surface area (Å²) in [6, 6.07) is 13.1. The van der Waals surface area contributed by atoms with Crippen LogP contribution in [-0.2, 0) is 16.1 Å². The number of carbonyl (C=O) groups is 3. The summed E-state index contributed by atoms with van der Waals surface area (Å²) in [5, 5.41) is 4.72. The quantitative estimate of drug-likeness (QED) is 0.390. The van der Waals surface area contributed by atoms with Crippen LogP contribution < -0.4 is 14.5 Å². The number of likely N-dealkylation sites (tertiary alicyclic amines) is 1. The van der Waals surface area contributed by atoms with Crippen LogP contribution in [0.2, 0.25) is 0 Å². The van der Waals surface area contributed by atoms with Gasteiger partial charge in [-0.05, 0) is 81.7 Å². The molecule has 11 nitrogen and oxygen atoms in total. The molecule has 0 bridgehead atoms. The van der Waals surface area contributed by atoms with Gasteiger partial charge in [0, 0.05) is 39.1 Å². The molecule has 3 aromatic rings. The minimum Gasteiger partial charge on any atom is -0.497 e. The highest BCUT2D eigenvalue weighted by atomic mass is 16.6. The van der Waals surface area contributed by atoms with Gasteiger partial charge in [0.15, 0.2) is 0 Å². The van der Waals surface area contributed by atoms with E-state index in [4.69, 9.17) is 14.6 Å². The summed E-state index contributed by atoms with van der Waals surface area (Å²) < 4.78 is 12.7. The molecule has 0 N–H and O–H groups in total. The Hall–Kier alpha value is -4.28. The Morgan fingerprint density at radius 2 is 1.61 bits per heavy atom. The van der Waals surface area contributed by atoms with Gasteiger partial charge in [0.1, 0.15) is 17.2 Å². The van der Waals surface area contributed by atoms with E-state index >= 15 is 0 Å². The number of amides is 4. The number of benzene rings is 1. The molecule has 6 rings (SSSR count). The highest BCUT2D eigenvalue weighted by Gasteiger charge is 2.40. The largest absolute Gasteiger partial charge is 0.497 e. The number of hydrogen-bond donors (Lipinski definition) is 0. The van der Waals surface area contributed by atoms with Crippen molar-refractivity contribution in [2.24, 2.45) is 5.41 Å². The Morgan fingerprint density at radius 1 is 0.932 bits per heavy atom. The molecule has 3 fully saturated rings. The summed E-state index contributed by atoms with van der Waals surface area (Å²) in [6.07, 6.45) is 5.83. The van der Waals surface area contributed by atoms with Gasteiger partial charge >= 0.3 is 12.1 Å². The molecule has 3 aliphatic heterocycles. The number of fused-ring (bicyclic) bond motifs is 1. The number of methoxy groups -OCH3 is 1. The zero-order chi connectivity index (χ0) is 31.1. The number of urea groups is 1. The number of anilines is 2. The molecule has 44 heavy (non-hydrogen) atoms. The molecule has 0 aliphatic carbocycles. The number of piperidine rings is 2. The molecule has 0 saturated carbocycles. The first-order valence-corrected chi connectivity index (χ1v) is 15.5. The lowest BCUT2D eigenvalue weighted by Gasteiger charge is -2.47. The van der Waals surface area contributed by atoms with E-state index < -0.39 is 5.60 Å². The van der Waals surface area contributed by atoms with Gasteiger partial charge in [-0.15, -0.1) is 0 Å². The normalized spacial score (nSPS) is 19.2. The zero-order valence-corrected chi connectivity index (χ0v) is 26.1. The fourth-order valence-corrected chi connectivity index (χ4v) is 6.61. The lowest BCUT2D eigenvalue weighted by molar-refractivity contribution is -0.129. The standard InChI is InChI=1S/C33H42N6O5/c1-32(2,3)44-31(42)36-20-15-33(16-21-36)13-18-35(19-14-33)28-7-5-6-26-27(22-34-39(26)28)37-17-12-29(40)38(30(37)41)23-24-8-10-25(43-4)11-9-24/h5-11,22H,12-21,23H2,1-4H3. The van der Waals surface area contributed by atoms with Gasteiger partial charge in [-0.3, -0.25) is 14.6 Å². The fourth-order valence-electron chi connectivity index (χ4n) is 6.61. The smallest absolute Gasteiger partial charge is 0.410 e. The number of nitrogens with zero attached hydrogens (tertiary/aromatic N) is 6. The van der Waals surface area contributed by atoms with E-state index in [1.54, 1.807) is 18.2 Å². The average Bonchev–Trinajstić information content (AvgIpc) is 3.44. The molecule has 1 aromatic carbocycles. The first-order chi connectivity index (χ1) is 21.1.